The molecular weight excluding hydrogens is 288 g/mol. The predicted molar refractivity (Wildman–Crippen MR) is 65.3 cm³/mol. The second-order valence-corrected chi connectivity index (χ2v) is 5.91. The second kappa shape index (κ2) is 4.36. The van der Waals surface area contributed by atoms with Crippen LogP contribution < -0.4 is 0 Å². The second-order valence-electron chi connectivity index (χ2n) is 3.39. The maximum absolute atomic E-state index is 8.75. The highest BCUT2D eigenvalue weighted by Crippen LogP contribution is 2.26. The van der Waals surface area contributed by atoms with Gasteiger partial charge in [-0.05, 0) is 28.9 Å². The van der Waals surface area contributed by atoms with Crippen LogP contribution in [0.4, 0.5) is 0 Å². The highest BCUT2D eigenvalue weighted by atomic mass is 79.9. The molecule has 16 heavy (non-hydrogen) atoms. The fourth-order valence-electron chi connectivity index (χ4n) is 1.45. The SMILES string of the molecule is Cc1nc(Cc2cc(C#N)nn2C)c(Br)s1. The van der Waals surface area contributed by atoms with Crippen LogP contribution in [0.3, 0.4) is 0 Å². The highest BCUT2D eigenvalue weighted by Gasteiger charge is 2.11. The number of hydrogen-bond donors (Lipinski definition) is 0. The molecule has 0 saturated heterocycles. The first-order chi connectivity index (χ1) is 7.60. The van der Waals surface area contributed by atoms with Crippen LogP contribution in [0.15, 0.2) is 9.85 Å². The van der Waals surface area contributed by atoms with Gasteiger partial charge in [0, 0.05) is 19.2 Å². The third-order valence-electron chi connectivity index (χ3n) is 2.20. The van der Waals surface area contributed by atoms with Gasteiger partial charge in [0.15, 0.2) is 5.69 Å². The molecule has 0 aliphatic rings. The van der Waals surface area contributed by atoms with Gasteiger partial charge in [-0.15, -0.1) is 11.3 Å². The first-order valence-electron chi connectivity index (χ1n) is 4.65. The van der Waals surface area contributed by atoms with Crippen LogP contribution in [0.1, 0.15) is 22.1 Å². The maximum Gasteiger partial charge on any atom is 0.162 e. The summed E-state index contributed by atoms with van der Waals surface area (Å²) in [5, 5.41) is 13.9. The molecule has 0 N–H and O–H groups in total. The van der Waals surface area contributed by atoms with E-state index in [0.29, 0.717) is 12.1 Å². The van der Waals surface area contributed by atoms with Crippen molar-refractivity contribution in [3.8, 4) is 6.07 Å². The van der Waals surface area contributed by atoms with Gasteiger partial charge < -0.3 is 0 Å². The molecule has 2 aromatic rings. The van der Waals surface area contributed by atoms with Crippen LogP contribution in [0, 0.1) is 18.3 Å². The number of nitriles is 1. The van der Waals surface area contributed by atoms with E-state index in [1.54, 1.807) is 22.1 Å². The molecule has 0 spiro atoms. The van der Waals surface area contributed by atoms with Gasteiger partial charge in [-0.3, -0.25) is 4.68 Å². The van der Waals surface area contributed by atoms with E-state index in [1.165, 1.54) is 0 Å². The van der Waals surface area contributed by atoms with Crippen LogP contribution in [0.25, 0.3) is 0 Å². The molecule has 0 aliphatic carbocycles. The van der Waals surface area contributed by atoms with E-state index < -0.39 is 0 Å². The van der Waals surface area contributed by atoms with E-state index in [1.807, 2.05) is 20.0 Å². The van der Waals surface area contributed by atoms with E-state index in [2.05, 4.69) is 26.0 Å². The average Bonchev–Trinajstić information content (AvgIpc) is 2.72. The van der Waals surface area contributed by atoms with Crippen molar-refractivity contribution in [2.24, 2.45) is 7.05 Å². The first kappa shape index (κ1) is 11.3. The van der Waals surface area contributed by atoms with Gasteiger partial charge in [0.2, 0.25) is 0 Å². The first-order valence-corrected chi connectivity index (χ1v) is 6.26. The summed E-state index contributed by atoms with van der Waals surface area (Å²) in [6.45, 7) is 1.98. The van der Waals surface area contributed by atoms with Crippen molar-refractivity contribution in [2.45, 2.75) is 13.3 Å². The number of nitrogens with zero attached hydrogens (tertiary/aromatic N) is 4. The molecule has 0 amide bonds. The van der Waals surface area contributed by atoms with Crippen molar-refractivity contribution < 1.29 is 0 Å². The number of halogens is 1. The monoisotopic (exact) mass is 296 g/mol. The molecule has 0 saturated carbocycles. The van der Waals surface area contributed by atoms with Gasteiger partial charge in [-0.1, -0.05) is 0 Å². The van der Waals surface area contributed by atoms with Crippen molar-refractivity contribution in [2.75, 3.05) is 0 Å². The number of hydrogen-bond acceptors (Lipinski definition) is 4. The Balaban J connectivity index is 2.30. The fourth-order valence-corrected chi connectivity index (χ4v) is 3.03. The summed E-state index contributed by atoms with van der Waals surface area (Å²) >= 11 is 5.10. The van der Waals surface area contributed by atoms with E-state index in [9.17, 15) is 0 Å². The van der Waals surface area contributed by atoms with Crippen molar-refractivity contribution in [3.05, 3.63) is 31.9 Å². The molecule has 0 aliphatic heterocycles. The lowest BCUT2D eigenvalue weighted by atomic mass is 10.2. The van der Waals surface area contributed by atoms with Gasteiger partial charge >= 0.3 is 0 Å². The number of thiazole rings is 1. The number of aromatic nitrogens is 3. The topological polar surface area (TPSA) is 54.5 Å². The molecule has 0 fully saturated rings. The lowest BCUT2D eigenvalue weighted by molar-refractivity contribution is 0.718. The lowest BCUT2D eigenvalue weighted by Crippen LogP contribution is -1.99. The molecular formula is C10H9BrN4S. The summed E-state index contributed by atoms with van der Waals surface area (Å²) in [4.78, 5) is 4.43. The Morgan fingerprint density at radius 3 is 2.88 bits per heavy atom. The Hall–Kier alpha value is -1.19. The Kier molecular flexibility index (Phi) is 3.08. The molecule has 0 aromatic carbocycles. The van der Waals surface area contributed by atoms with E-state index in [0.717, 1.165) is 20.2 Å². The maximum atomic E-state index is 8.75. The standard InChI is InChI=1S/C10H9BrN4S/c1-6-13-9(10(11)16-6)4-8-3-7(5-12)14-15(8)2/h3H,4H2,1-2H3. The molecule has 4 nitrogen and oxygen atoms in total. The summed E-state index contributed by atoms with van der Waals surface area (Å²) in [6.07, 6.45) is 0.691. The molecule has 0 atom stereocenters. The summed E-state index contributed by atoms with van der Waals surface area (Å²) < 4.78 is 2.77. The quantitative estimate of drug-likeness (QED) is 0.855. The molecule has 2 rings (SSSR count). The third-order valence-corrected chi connectivity index (χ3v) is 3.94. The zero-order valence-electron chi connectivity index (χ0n) is 8.86. The largest absolute Gasteiger partial charge is 0.271 e. The lowest BCUT2D eigenvalue weighted by Gasteiger charge is -1.98. The minimum atomic E-state index is 0.445. The molecule has 2 aromatic heterocycles. The van der Waals surface area contributed by atoms with Gasteiger partial charge in [-0.2, -0.15) is 10.4 Å². The van der Waals surface area contributed by atoms with Gasteiger partial charge in [-0.25, -0.2) is 4.98 Å². The zero-order chi connectivity index (χ0) is 11.7. The molecule has 0 bridgehead atoms. The molecule has 0 unspecified atom stereocenters. The van der Waals surface area contributed by atoms with Gasteiger partial charge in [0.1, 0.15) is 6.07 Å². The normalized spacial score (nSPS) is 10.4. The summed E-state index contributed by atoms with van der Waals surface area (Å²) in [6, 6.07) is 3.83. The zero-order valence-corrected chi connectivity index (χ0v) is 11.3. The molecule has 2 heterocycles. The molecule has 6 heteroatoms. The van der Waals surface area contributed by atoms with Crippen LogP contribution in [0.5, 0.6) is 0 Å². The summed E-state index contributed by atoms with van der Waals surface area (Å²) in [5.41, 5.74) is 2.43. The third kappa shape index (κ3) is 2.15. The smallest absolute Gasteiger partial charge is 0.162 e. The van der Waals surface area contributed by atoms with Crippen LogP contribution in [0.2, 0.25) is 0 Å². The van der Waals surface area contributed by atoms with Crippen molar-refractivity contribution in [1.82, 2.24) is 14.8 Å². The highest BCUT2D eigenvalue weighted by molar-refractivity contribution is 9.11. The van der Waals surface area contributed by atoms with Gasteiger partial charge in [0.25, 0.3) is 0 Å². The van der Waals surface area contributed by atoms with Gasteiger partial charge in [0.05, 0.1) is 14.5 Å². The Morgan fingerprint density at radius 2 is 2.38 bits per heavy atom. The minimum absolute atomic E-state index is 0.445. The Bertz CT molecular complexity index is 564. The van der Waals surface area contributed by atoms with E-state index >= 15 is 0 Å². The fraction of sp³-hybridized carbons (Fsp3) is 0.300. The number of rotatable bonds is 2. The average molecular weight is 297 g/mol. The van der Waals surface area contributed by atoms with Crippen LogP contribution in [-0.2, 0) is 13.5 Å². The molecule has 82 valence electrons. The number of aryl methyl sites for hydroxylation is 2. The van der Waals surface area contributed by atoms with Crippen LogP contribution >= 0.6 is 27.3 Å². The minimum Gasteiger partial charge on any atom is -0.271 e. The Labute approximate surface area is 106 Å². The van der Waals surface area contributed by atoms with Crippen molar-refractivity contribution in [1.29, 1.82) is 5.26 Å². The summed E-state index contributed by atoms with van der Waals surface area (Å²) in [5.74, 6) is 0. The molecule has 0 radical (unpaired) electrons. The van der Waals surface area contributed by atoms with Crippen molar-refractivity contribution >= 4 is 27.3 Å². The Morgan fingerprint density at radius 1 is 1.62 bits per heavy atom. The van der Waals surface area contributed by atoms with Crippen molar-refractivity contribution in [3.63, 3.8) is 0 Å². The van der Waals surface area contributed by atoms with Crippen LogP contribution in [-0.4, -0.2) is 14.8 Å². The summed E-state index contributed by atoms with van der Waals surface area (Å²) in [7, 11) is 1.84. The van der Waals surface area contributed by atoms with E-state index in [4.69, 9.17) is 5.26 Å². The predicted octanol–water partition coefficient (Wildman–Crippen LogP) is 2.41. The van der Waals surface area contributed by atoms with E-state index in [-0.39, 0.29) is 0 Å².